The lowest BCUT2D eigenvalue weighted by Gasteiger charge is -2.11. The minimum absolute atomic E-state index is 0.150. The summed E-state index contributed by atoms with van der Waals surface area (Å²) in [5.74, 6) is 0.175. The fourth-order valence-corrected chi connectivity index (χ4v) is 3.02. The third-order valence-corrected chi connectivity index (χ3v) is 4.45. The van der Waals surface area contributed by atoms with Gasteiger partial charge in [0.25, 0.3) is 11.8 Å². The molecular weight excluding hydrogens is 316 g/mol. The molecule has 0 atom stereocenters. The Morgan fingerprint density at radius 3 is 2.43 bits per heavy atom. The zero-order chi connectivity index (χ0) is 16.2. The molecule has 1 aromatic heterocycles. The molecule has 7 nitrogen and oxygen atoms in total. The maximum atomic E-state index is 12.2. The highest BCUT2D eigenvalue weighted by Gasteiger charge is 2.24. The minimum atomic E-state index is -0.381. The van der Waals surface area contributed by atoms with Gasteiger partial charge < -0.3 is 15.0 Å². The molecule has 2 aromatic rings. The van der Waals surface area contributed by atoms with Crippen LogP contribution < -0.4 is 10.1 Å². The number of nitrogens with one attached hydrogen (secondary N) is 1. The Bertz CT molecular complexity index is 708. The molecule has 0 aliphatic carbocycles. The van der Waals surface area contributed by atoms with Crippen LogP contribution in [-0.2, 0) is 0 Å². The molecule has 1 aromatic carbocycles. The summed E-state index contributed by atoms with van der Waals surface area (Å²) < 4.78 is 5.06. The van der Waals surface area contributed by atoms with E-state index in [1.165, 1.54) is 0 Å². The second-order valence-corrected chi connectivity index (χ2v) is 6.07. The highest BCUT2D eigenvalue weighted by molar-refractivity contribution is 7.15. The van der Waals surface area contributed by atoms with Crippen molar-refractivity contribution in [2.75, 3.05) is 25.5 Å². The Morgan fingerprint density at radius 2 is 1.78 bits per heavy atom. The monoisotopic (exact) mass is 332 g/mol. The van der Waals surface area contributed by atoms with Gasteiger partial charge in [0, 0.05) is 18.8 Å². The summed E-state index contributed by atoms with van der Waals surface area (Å²) in [6, 6.07) is 6.96. The molecule has 1 fully saturated rings. The smallest absolute Gasteiger partial charge is 0.286 e. The van der Waals surface area contributed by atoms with Crippen LogP contribution in [0.4, 0.5) is 5.69 Å². The van der Waals surface area contributed by atoms with Crippen molar-refractivity contribution in [3.8, 4) is 5.75 Å². The largest absolute Gasteiger partial charge is 0.497 e. The molecule has 2 heterocycles. The average molecular weight is 332 g/mol. The van der Waals surface area contributed by atoms with Crippen LogP contribution in [-0.4, -0.2) is 47.1 Å². The fraction of sp³-hybridized carbons (Fsp3) is 0.333. The number of hydrogen-bond donors (Lipinski definition) is 1. The summed E-state index contributed by atoms with van der Waals surface area (Å²) in [5, 5.41) is 10.8. The Hall–Kier alpha value is -2.48. The van der Waals surface area contributed by atoms with Crippen molar-refractivity contribution < 1.29 is 14.3 Å². The minimum Gasteiger partial charge on any atom is -0.497 e. The lowest BCUT2D eigenvalue weighted by Crippen LogP contribution is -2.27. The van der Waals surface area contributed by atoms with Crippen molar-refractivity contribution >= 4 is 28.8 Å². The van der Waals surface area contributed by atoms with Crippen LogP contribution in [0.3, 0.4) is 0 Å². The number of methoxy groups -OCH3 is 1. The number of rotatable bonds is 4. The van der Waals surface area contributed by atoms with Gasteiger partial charge in [-0.15, -0.1) is 10.2 Å². The summed E-state index contributed by atoms with van der Waals surface area (Å²) in [7, 11) is 1.58. The Kier molecular flexibility index (Phi) is 4.52. The van der Waals surface area contributed by atoms with Crippen molar-refractivity contribution in [1.82, 2.24) is 15.1 Å². The molecule has 23 heavy (non-hydrogen) atoms. The Morgan fingerprint density at radius 1 is 1.13 bits per heavy atom. The van der Waals surface area contributed by atoms with Crippen molar-refractivity contribution in [3.05, 3.63) is 34.3 Å². The lowest BCUT2D eigenvalue weighted by atomic mass is 10.3. The van der Waals surface area contributed by atoms with Gasteiger partial charge in [-0.2, -0.15) is 0 Å². The van der Waals surface area contributed by atoms with E-state index in [0.29, 0.717) is 11.4 Å². The molecule has 0 radical (unpaired) electrons. The molecule has 1 N–H and O–H groups in total. The third kappa shape index (κ3) is 3.48. The number of anilines is 1. The standard InChI is InChI=1S/C15H16N4O3S/c1-22-11-6-4-10(5-7-11)16-12(20)13-17-18-14(23-13)15(21)19-8-2-3-9-19/h4-7H,2-3,8-9H2,1H3,(H,16,20). The van der Waals surface area contributed by atoms with Gasteiger partial charge in [-0.25, -0.2) is 0 Å². The van der Waals surface area contributed by atoms with Crippen LogP contribution in [0, 0.1) is 0 Å². The summed E-state index contributed by atoms with van der Waals surface area (Å²) in [6.07, 6.45) is 2.02. The van der Waals surface area contributed by atoms with Gasteiger partial charge in [-0.3, -0.25) is 9.59 Å². The molecule has 1 aliphatic rings. The van der Waals surface area contributed by atoms with Crippen LogP contribution >= 0.6 is 11.3 Å². The van der Waals surface area contributed by atoms with Gasteiger partial charge >= 0.3 is 0 Å². The van der Waals surface area contributed by atoms with E-state index in [1.807, 2.05) is 0 Å². The topological polar surface area (TPSA) is 84.4 Å². The number of aromatic nitrogens is 2. The number of nitrogens with zero attached hydrogens (tertiary/aromatic N) is 3. The summed E-state index contributed by atoms with van der Waals surface area (Å²) >= 11 is 1.01. The highest BCUT2D eigenvalue weighted by atomic mass is 32.1. The van der Waals surface area contributed by atoms with E-state index in [0.717, 1.165) is 37.3 Å². The Labute approximate surface area is 137 Å². The Balaban J connectivity index is 1.66. The van der Waals surface area contributed by atoms with Gasteiger partial charge in [0.2, 0.25) is 10.0 Å². The quantitative estimate of drug-likeness (QED) is 0.926. The van der Waals surface area contributed by atoms with Gasteiger partial charge in [0.15, 0.2) is 0 Å². The molecular formula is C15H16N4O3S. The van der Waals surface area contributed by atoms with Gasteiger partial charge in [-0.05, 0) is 37.1 Å². The molecule has 1 aliphatic heterocycles. The van der Waals surface area contributed by atoms with E-state index in [9.17, 15) is 9.59 Å². The number of likely N-dealkylation sites (tertiary alicyclic amines) is 1. The van der Waals surface area contributed by atoms with E-state index < -0.39 is 0 Å². The zero-order valence-electron chi connectivity index (χ0n) is 12.6. The van der Waals surface area contributed by atoms with Gasteiger partial charge in [0.05, 0.1) is 7.11 Å². The summed E-state index contributed by atoms with van der Waals surface area (Å²) in [4.78, 5) is 26.1. The zero-order valence-corrected chi connectivity index (χ0v) is 13.4. The molecule has 0 spiro atoms. The van der Waals surface area contributed by atoms with Crippen molar-refractivity contribution in [1.29, 1.82) is 0 Å². The molecule has 2 amide bonds. The number of ether oxygens (including phenoxy) is 1. The van der Waals surface area contributed by atoms with E-state index in [-0.39, 0.29) is 21.8 Å². The molecule has 0 saturated carbocycles. The first-order valence-corrected chi connectivity index (χ1v) is 8.07. The number of carbonyl (C=O) groups excluding carboxylic acids is 2. The van der Waals surface area contributed by atoms with Crippen molar-refractivity contribution in [2.24, 2.45) is 0 Å². The SMILES string of the molecule is COc1ccc(NC(=O)c2nnc(C(=O)N3CCCC3)s2)cc1. The average Bonchev–Trinajstić information content (AvgIpc) is 3.26. The molecule has 1 saturated heterocycles. The normalized spacial score (nSPS) is 13.9. The maximum absolute atomic E-state index is 12.2. The summed E-state index contributed by atoms with van der Waals surface area (Å²) in [6.45, 7) is 1.48. The molecule has 8 heteroatoms. The second-order valence-electron chi connectivity index (χ2n) is 5.09. The molecule has 3 rings (SSSR count). The van der Waals surface area contributed by atoms with E-state index >= 15 is 0 Å². The summed E-state index contributed by atoms with van der Waals surface area (Å²) in [5.41, 5.74) is 0.624. The first-order chi connectivity index (χ1) is 11.2. The predicted molar refractivity (Wildman–Crippen MR) is 86.0 cm³/mol. The predicted octanol–water partition coefficient (Wildman–Crippen LogP) is 2.03. The van der Waals surface area contributed by atoms with E-state index in [4.69, 9.17) is 4.74 Å². The molecule has 120 valence electrons. The van der Waals surface area contributed by atoms with Crippen LogP contribution in [0.1, 0.15) is 32.4 Å². The van der Waals surface area contributed by atoms with Crippen LogP contribution in [0.25, 0.3) is 0 Å². The lowest BCUT2D eigenvalue weighted by molar-refractivity contribution is 0.0791. The first-order valence-electron chi connectivity index (χ1n) is 7.25. The number of benzene rings is 1. The molecule has 0 unspecified atom stereocenters. The van der Waals surface area contributed by atoms with Crippen LogP contribution in [0.15, 0.2) is 24.3 Å². The third-order valence-electron chi connectivity index (χ3n) is 3.54. The van der Waals surface area contributed by atoms with E-state index in [1.54, 1.807) is 36.3 Å². The van der Waals surface area contributed by atoms with Gasteiger partial charge in [-0.1, -0.05) is 11.3 Å². The number of hydrogen-bond acceptors (Lipinski definition) is 6. The van der Waals surface area contributed by atoms with Gasteiger partial charge in [0.1, 0.15) is 5.75 Å². The van der Waals surface area contributed by atoms with Crippen molar-refractivity contribution in [3.63, 3.8) is 0 Å². The second kappa shape index (κ2) is 6.74. The maximum Gasteiger partial charge on any atom is 0.286 e. The first kappa shape index (κ1) is 15.4. The number of amides is 2. The van der Waals surface area contributed by atoms with Crippen LogP contribution in [0.2, 0.25) is 0 Å². The number of carbonyl (C=O) groups is 2. The molecule has 0 bridgehead atoms. The fourth-order valence-electron chi connectivity index (χ4n) is 2.32. The highest BCUT2D eigenvalue weighted by Crippen LogP contribution is 2.19. The van der Waals surface area contributed by atoms with Crippen molar-refractivity contribution in [2.45, 2.75) is 12.8 Å². The van der Waals surface area contributed by atoms with Crippen LogP contribution in [0.5, 0.6) is 5.75 Å². The van der Waals surface area contributed by atoms with E-state index in [2.05, 4.69) is 15.5 Å².